The average molecular weight is 285 g/mol. The highest BCUT2D eigenvalue weighted by Gasteiger charge is 2.25. The molecule has 0 aromatic heterocycles. The van der Waals surface area contributed by atoms with E-state index in [9.17, 15) is 4.79 Å². The Labute approximate surface area is 123 Å². The van der Waals surface area contributed by atoms with Gasteiger partial charge in [0.2, 0.25) is 0 Å². The van der Waals surface area contributed by atoms with Gasteiger partial charge in [-0.25, -0.2) is 4.79 Å². The van der Waals surface area contributed by atoms with Gasteiger partial charge >= 0.3 is 6.09 Å². The van der Waals surface area contributed by atoms with Crippen LogP contribution in [0.15, 0.2) is 0 Å². The lowest BCUT2D eigenvalue weighted by Crippen LogP contribution is -2.53. The van der Waals surface area contributed by atoms with E-state index < -0.39 is 5.60 Å². The second kappa shape index (κ2) is 7.27. The zero-order valence-corrected chi connectivity index (χ0v) is 13.8. The van der Waals surface area contributed by atoms with E-state index in [4.69, 9.17) is 4.74 Å². The summed E-state index contributed by atoms with van der Waals surface area (Å²) in [5.41, 5.74) is -0.435. The molecule has 118 valence electrons. The van der Waals surface area contributed by atoms with Crippen LogP contribution in [0.1, 0.15) is 47.5 Å². The van der Waals surface area contributed by atoms with Crippen molar-refractivity contribution in [1.82, 2.24) is 15.5 Å². The SMILES string of the molecule is CC(C)N(C)C1CCC(CNC(=O)OC(C)(C)C)NC1. The molecule has 1 heterocycles. The highest BCUT2D eigenvalue weighted by Crippen LogP contribution is 2.14. The van der Waals surface area contributed by atoms with E-state index in [0.29, 0.717) is 24.7 Å². The average Bonchev–Trinajstić information content (AvgIpc) is 2.34. The summed E-state index contributed by atoms with van der Waals surface area (Å²) in [6.45, 7) is 11.7. The molecule has 2 atom stereocenters. The monoisotopic (exact) mass is 285 g/mol. The molecule has 2 N–H and O–H groups in total. The predicted octanol–water partition coefficient (Wildman–Crippen LogP) is 1.97. The number of likely N-dealkylation sites (N-methyl/N-ethyl adjacent to an activating group) is 1. The van der Waals surface area contributed by atoms with E-state index in [1.165, 1.54) is 6.42 Å². The summed E-state index contributed by atoms with van der Waals surface area (Å²) in [6, 6.07) is 1.50. The van der Waals surface area contributed by atoms with Crippen molar-refractivity contribution >= 4 is 6.09 Å². The maximum absolute atomic E-state index is 11.6. The maximum Gasteiger partial charge on any atom is 0.407 e. The molecule has 1 amide bonds. The van der Waals surface area contributed by atoms with Crippen LogP contribution in [-0.2, 0) is 4.74 Å². The quantitative estimate of drug-likeness (QED) is 0.829. The number of rotatable bonds is 4. The summed E-state index contributed by atoms with van der Waals surface area (Å²) >= 11 is 0. The number of hydrogen-bond donors (Lipinski definition) is 2. The third kappa shape index (κ3) is 6.09. The van der Waals surface area contributed by atoms with Crippen LogP contribution in [0.5, 0.6) is 0 Å². The molecule has 20 heavy (non-hydrogen) atoms. The van der Waals surface area contributed by atoms with Crippen LogP contribution in [0.2, 0.25) is 0 Å². The Kier molecular flexibility index (Phi) is 6.27. The number of amides is 1. The molecule has 5 heteroatoms. The summed E-state index contributed by atoms with van der Waals surface area (Å²) in [4.78, 5) is 14.0. The number of hydrogen-bond acceptors (Lipinski definition) is 4. The number of nitrogens with zero attached hydrogens (tertiary/aromatic N) is 1. The summed E-state index contributed by atoms with van der Waals surface area (Å²) < 4.78 is 5.23. The smallest absolute Gasteiger partial charge is 0.407 e. The first-order valence-electron chi connectivity index (χ1n) is 7.61. The van der Waals surface area contributed by atoms with Gasteiger partial charge in [0, 0.05) is 31.2 Å². The lowest BCUT2D eigenvalue weighted by Gasteiger charge is -2.37. The van der Waals surface area contributed by atoms with Crippen LogP contribution in [0, 0.1) is 0 Å². The van der Waals surface area contributed by atoms with Gasteiger partial charge in [-0.2, -0.15) is 0 Å². The van der Waals surface area contributed by atoms with E-state index in [1.807, 2.05) is 20.8 Å². The molecule has 1 fully saturated rings. The van der Waals surface area contributed by atoms with Crippen LogP contribution in [-0.4, -0.2) is 54.9 Å². The van der Waals surface area contributed by atoms with Crippen molar-refractivity contribution in [2.45, 2.75) is 71.2 Å². The van der Waals surface area contributed by atoms with E-state index in [-0.39, 0.29) is 6.09 Å². The molecule has 0 spiro atoms. The Morgan fingerprint density at radius 2 is 2.05 bits per heavy atom. The van der Waals surface area contributed by atoms with Gasteiger partial charge in [0.1, 0.15) is 5.60 Å². The molecule has 0 aliphatic carbocycles. The fourth-order valence-corrected chi connectivity index (χ4v) is 2.36. The topological polar surface area (TPSA) is 53.6 Å². The normalized spacial score (nSPS) is 24.0. The van der Waals surface area contributed by atoms with Crippen LogP contribution >= 0.6 is 0 Å². The standard InChI is InChI=1S/C15H31N3O2/c1-11(2)18(6)13-8-7-12(16-10-13)9-17-14(19)20-15(3,4)5/h11-13,16H,7-10H2,1-6H3,(H,17,19). The van der Waals surface area contributed by atoms with E-state index in [0.717, 1.165) is 13.0 Å². The Morgan fingerprint density at radius 1 is 1.40 bits per heavy atom. The van der Waals surface area contributed by atoms with Crippen LogP contribution in [0.3, 0.4) is 0 Å². The van der Waals surface area contributed by atoms with Crippen molar-refractivity contribution in [3.8, 4) is 0 Å². The van der Waals surface area contributed by atoms with Crippen molar-refractivity contribution in [3.63, 3.8) is 0 Å². The molecule has 5 nitrogen and oxygen atoms in total. The number of ether oxygens (including phenoxy) is 1. The molecular weight excluding hydrogens is 254 g/mol. The summed E-state index contributed by atoms with van der Waals surface area (Å²) in [7, 11) is 2.18. The second-order valence-corrected chi connectivity index (χ2v) is 6.98. The minimum absolute atomic E-state index is 0.333. The highest BCUT2D eigenvalue weighted by molar-refractivity contribution is 5.67. The van der Waals surface area contributed by atoms with Gasteiger partial charge in [-0.3, -0.25) is 4.90 Å². The molecule has 0 bridgehead atoms. The fraction of sp³-hybridized carbons (Fsp3) is 0.933. The second-order valence-electron chi connectivity index (χ2n) is 6.98. The van der Waals surface area contributed by atoms with Gasteiger partial charge in [0.15, 0.2) is 0 Å². The minimum Gasteiger partial charge on any atom is -0.444 e. The van der Waals surface area contributed by atoms with Crippen LogP contribution in [0.25, 0.3) is 0 Å². The van der Waals surface area contributed by atoms with Crippen molar-refractivity contribution in [2.75, 3.05) is 20.1 Å². The molecule has 0 aromatic rings. The molecule has 2 unspecified atom stereocenters. The molecule has 0 aromatic carbocycles. The van der Waals surface area contributed by atoms with Crippen LogP contribution in [0.4, 0.5) is 4.79 Å². The van der Waals surface area contributed by atoms with Gasteiger partial charge in [0.25, 0.3) is 0 Å². The predicted molar refractivity (Wildman–Crippen MR) is 81.9 cm³/mol. The lowest BCUT2D eigenvalue weighted by atomic mass is 9.99. The van der Waals surface area contributed by atoms with Gasteiger partial charge in [-0.1, -0.05) is 0 Å². The number of carbonyl (C=O) groups excluding carboxylic acids is 1. The molecule has 1 saturated heterocycles. The number of carbonyl (C=O) groups is 1. The fourth-order valence-electron chi connectivity index (χ4n) is 2.36. The van der Waals surface area contributed by atoms with Crippen molar-refractivity contribution in [1.29, 1.82) is 0 Å². The lowest BCUT2D eigenvalue weighted by molar-refractivity contribution is 0.0517. The number of alkyl carbamates (subject to hydrolysis) is 1. The minimum atomic E-state index is -0.435. The van der Waals surface area contributed by atoms with Crippen molar-refractivity contribution < 1.29 is 9.53 Å². The summed E-state index contributed by atoms with van der Waals surface area (Å²) in [6.07, 6.45) is 1.92. The summed E-state index contributed by atoms with van der Waals surface area (Å²) in [5, 5.41) is 6.35. The third-order valence-corrected chi connectivity index (χ3v) is 3.77. The van der Waals surface area contributed by atoms with E-state index in [1.54, 1.807) is 0 Å². The third-order valence-electron chi connectivity index (χ3n) is 3.77. The Balaban J connectivity index is 2.24. The van der Waals surface area contributed by atoms with Crippen molar-refractivity contribution in [2.24, 2.45) is 0 Å². The van der Waals surface area contributed by atoms with E-state index in [2.05, 4.69) is 36.4 Å². The van der Waals surface area contributed by atoms with Gasteiger partial charge in [0.05, 0.1) is 0 Å². The Hall–Kier alpha value is -0.810. The molecule has 1 rings (SSSR count). The zero-order chi connectivity index (χ0) is 15.3. The van der Waals surface area contributed by atoms with Crippen LogP contribution < -0.4 is 10.6 Å². The largest absolute Gasteiger partial charge is 0.444 e. The first-order chi connectivity index (χ1) is 9.19. The maximum atomic E-state index is 11.6. The number of piperidine rings is 1. The molecule has 0 saturated carbocycles. The van der Waals surface area contributed by atoms with Gasteiger partial charge < -0.3 is 15.4 Å². The van der Waals surface area contributed by atoms with E-state index >= 15 is 0 Å². The molecule has 1 aliphatic rings. The molecule has 0 radical (unpaired) electrons. The highest BCUT2D eigenvalue weighted by atomic mass is 16.6. The zero-order valence-electron chi connectivity index (χ0n) is 13.8. The first-order valence-corrected chi connectivity index (χ1v) is 7.61. The Morgan fingerprint density at radius 3 is 2.50 bits per heavy atom. The Bertz CT molecular complexity index is 305. The van der Waals surface area contributed by atoms with Gasteiger partial charge in [-0.05, 0) is 54.5 Å². The molecule has 1 aliphatic heterocycles. The first kappa shape index (κ1) is 17.2. The van der Waals surface area contributed by atoms with Crippen molar-refractivity contribution in [3.05, 3.63) is 0 Å². The molecular formula is C15H31N3O2. The van der Waals surface area contributed by atoms with Gasteiger partial charge in [-0.15, -0.1) is 0 Å². The number of nitrogens with one attached hydrogen (secondary N) is 2. The summed E-state index contributed by atoms with van der Waals surface area (Å²) in [5.74, 6) is 0.